The summed E-state index contributed by atoms with van der Waals surface area (Å²) in [7, 11) is 0. The molecule has 0 saturated heterocycles. The molecule has 0 aliphatic heterocycles. The molecule has 0 unspecified atom stereocenters. The Kier molecular flexibility index (Phi) is 110. The number of hydrogen-bond donors (Lipinski definition) is 0. The van der Waals surface area contributed by atoms with E-state index in [1.165, 1.54) is 0 Å². The Bertz CT molecular complexity index is 14.4. The van der Waals surface area contributed by atoms with Crippen LogP contribution in [0, 0.1) is 0 Å². The van der Waals surface area contributed by atoms with Gasteiger partial charge in [0.25, 0.3) is 0 Å². The molecule has 0 aromatic rings. The van der Waals surface area contributed by atoms with Crippen LogP contribution >= 0.6 is 0 Å². The fourth-order valence-corrected chi connectivity index (χ4v) is 0. The molecule has 5 heavy (non-hydrogen) atoms. The van der Waals surface area contributed by atoms with E-state index in [1.807, 2.05) is 6.92 Å². The molecule has 0 bridgehead atoms. The van der Waals surface area contributed by atoms with Gasteiger partial charge in [-0.2, -0.15) is 0 Å². The molecule has 0 amide bonds. The zero-order valence-electron chi connectivity index (χ0n) is 2.78. The monoisotopic (exact) mass is 90.1 g/mol. The van der Waals surface area contributed by atoms with Crippen LogP contribution < -0.4 is 0 Å². The van der Waals surface area contributed by atoms with Gasteiger partial charge in [-0.25, -0.2) is 0 Å². The molecule has 2 N–H and O–H groups in total. The summed E-state index contributed by atoms with van der Waals surface area (Å²) in [4.78, 5) is 0. The van der Waals surface area contributed by atoms with E-state index >= 15 is 0 Å². The lowest BCUT2D eigenvalue weighted by Crippen LogP contribution is -1.07. The third-order valence-corrected chi connectivity index (χ3v) is 0. The summed E-state index contributed by atoms with van der Waals surface area (Å²) in [6.07, 6.45) is 1.75. The second-order valence-electron chi connectivity index (χ2n) is 0.408. The van der Waals surface area contributed by atoms with E-state index in [1.54, 1.807) is 6.08 Å². The number of rotatable bonds is 0. The van der Waals surface area contributed by atoms with Gasteiger partial charge >= 0.3 is 0 Å². The minimum Gasteiger partial charge on any atom is -0.412 e. The van der Waals surface area contributed by atoms with Crippen LogP contribution in [0.1, 0.15) is 6.92 Å². The van der Waals surface area contributed by atoms with Crippen molar-refractivity contribution in [1.82, 2.24) is 0 Å². The van der Waals surface area contributed by atoms with Crippen molar-refractivity contribution in [3.8, 4) is 0 Å². The molecule has 1 nitrogen and oxygen atoms in total. The first kappa shape index (κ1) is 18.8. The van der Waals surface area contributed by atoms with Gasteiger partial charge in [0.05, 0.1) is 0 Å². The van der Waals surface area contributed by atoms with Gasteiger partial charge in [-0.3, -0.25) is 0 Å². The summed E-state index contributed by atoms with van der Waals surface area (Å²) in [5, 5.41) is 0. The molecule has 0 atom stereocenters. The first-order valence-electron chi connectivity index (χ1n) is 0.986. The zero-order chi connectivity index (χ0) is 2.71. The first-order chi connectivity index (χ1) is 1.41. The van der Waals surface area contributed by atoms with Crippen molar-refractivity contribution in [2.45, 2.75) is 6.92 Å². The predicted octanol–water partition coefficient (Wildman–Crippen LogP) is -0.816. The number of hydrogen-bond acceptors (Lipinski definition) is 0. The van der Waals surface area contributed by atoms with Crippen molar-refractivity contribution in [1.29, 1.82) is 0 Å². The lowest BCUT2D eigenvalue weighted by Gasteiger charge is -1.31. The van der Waals surface area contributed by atoms with Crippen molar-refractivity contribution in [2.24, 2.45) is 0 Å². The normalized spacial score (nSPS) is 2.60. The smallest absolute Gasteiger partial charge is 0.187 e. The molecule has 0 radical (unpaired) electrons. The minimum atomic E-state index is 0. The Morgan fingerprint density at radius 2 is 1.60 bits per heavy atom. The predicted molar refractivity (Wildman–Crippen MR) is 29.4 cm³/mol. The summed E-state index contributed by atoms with van der Waals surface area (Å²) >= 11 is 0. The molecule has 0 heterocycles. The molecule has 2 heteroatoms. The lowest BCUT2D eigenvalue weighted by atomic mass is 10.8. The highest BCUT2D eigenvalue weighted by Gasteiger charge is 1.15. The van der Waals surface area contributed by atoms with Crippen molar-refractivity contribution < 1.29 is 5.48 Å². The van der Waals surface area contributed by atoms with E-state index in [9.17, 15) is 0 Å². The van der Waals surface area contributed by atoms with Crippen LogP contribution in [0.2, 0.25) is 0 Å². The molecule has 0 aromatic carbocycles. The molecule has 0 aliphatic rings. The maximum atomic E-state index is 3.36. The summed E-state index contributed by atoms with van der Waals surface area (Å²) < 4.78 is 0. The summed E-state index contributed by atoms with van der Waals surface area (Å²) in [6, 6.07) is 0. The van der Waals surface area contributed by atoms with E-state index in [0.717, 1.165) is 0 Å². The van der Waals surface area contributed by atoms with Gasteiger partial charge in [-0.15, -0.1) is 6.58 Å². The molecule has 0 saturated carbocycles. The van der Waals surface area contributed by atoms with Crippen molar-refractivity contribution in [3.63, 3.8) is 0 Å². The summed E-state index contributed by atoms with van der Waals surface area (Å²) in [5.74, 6) is 0. The van der Waals surface area contributed by atoms with Gasteiger partial charge in [0.2, 0.25) is 0 Å². The second kappa shape index (κ2) is 29.1. The Morgan fingerprint density at radius 3 is 1.60 bits per heavy atom. The van der Waals surface area contributed by atoms with Gasteiger partial charge < -0.3 is 5.48 Å². The number of allylic oxidation sites excluding steroid dienone is 1. The third kappa shape index (κ3) is 390. The second-order valence-corrected chi connectivity index (χ2v) is 0.408. The van der Waals surface area contributed by atoms with Crippen molar-refractivity contribution in [3.05, 3.63) is 12.7 Å². The van der Waals surface area contributed by atoms with Crippen molar-refractivity contribution in [2.75, 3.05) is 0 Å². The third-order valence-electron chi connectivity index (χ3n) is 0. The maximum Gasteiger partial charge on any atom is 0.187 e. The Hall–Kier alpha value is 0.232. The van der Waals surface area contributed by atoms with Gasteiger partial charge in [-0.1, -0.05) is 6.08 Å². The quantitative estimate of drug-likeness (QED) is 0.275. The molecule has 0 aromatic heterocycles. The van der Waals surface area contributed by atoms with Gasteiger partial charge in [0, 0.05) is 0 Å². The standard InChI is InChI=1S/C3H6.Al.H2O.3H/c1-3-2;;;;;/h3H,1H2,2H3;;1H2;;;. The average molecular weight is 90.1 g/mol. The zero-order valence-corrected chi connectivity index (χ0v) is 2.78. The first-order valence-corrected chi connectivity index (χ1v) is 0.986. The van der Waals surface area contributed by atoms with Gasteiger partial charge in [0.1, 0.15) is 0 Å². The topological polar surface area (TPSA) is 31.5 Å². The fourth-order valence-electron chi connectivity index (χ4n) is 0. The van der Waals surface area contributed by atoms with Crippen LogP contribution in [0.4, 0.5) is 0 Å². The van der Waals surface area contributed by atoms with E-state index in [0.29, 0.717) is 0 Å². The van der Waals surface area contributed by atoms with Gasteiger partial charge in [0.15, 0.2) is 17.4 Å². The van der Waals surface area contributed by atoms with Crippen LogP contribution in [0.5, 0.6) is 0 Å². The van der Waals surface area contributed by atoms with E-state index in [-0.39, 0.29) is 22.8 Å². The van der Waals surface area contributed by atoms with E-state index in [4.69, 9.17) is 0 Å². The Morgan fingerprint density at radius 1 is 1.60 bits per heavy atom. The van der Waals surface area contributed by atoms with Gasteiger partial charge in [-0.05, 0) is 6.92 Å². The maximum absolute atomic E-state index is 3.36. The molecular weight excluding hydrogens is 79.0 g/mol. The highest BCUT2D eigenvalue weighted by atomic mass is 27.0. The average Bonchev–Trinajstić information content (AvgIpc) is 0.918. The highest BCUT2D eigenvalue weighted by Crippen LogP contribution is 1.38. The van der Waals surface area contributed by atoms with Crippen LogP contribution in [-0.2, 0) is 0 Å². The van der Waals surface area contributed by atoms with Crippen LogP contribution in [0.25, 0.3) is 0 Å². The van der Waals surface area contributed by atoms with Crippen LogP contribution in [-0.4, -0.2) is 22.8 Å². The molecule has 32 valence electrons. The lowest BCUT2D eigenvalue weighted by molar-refractivity contribution is 0.824. The summed E-state index contributed by atoms with van der Waals surface area (Å²) in [5.41, 5.74) is 0. The Labute approximate surface area is 43.1 Å². The van der Waals surface area contributed by atoms with E-state index < -0.39 is 0 Å². The molecule has 0 spiro atoms. The highest BCUT2D eigenvalue weighted by molar-refractivity contribution is 5.75. The summed E-state index contributed by atoms with van der Waals surface area (Å²) in [6.45, 7) is 5.25. The minimum absolute atomic E-state index is 0. The Balaban J connectivity index is -0.0000000200. The molecular formula is C3H11AlO. The molecule has 0 fully saturated rings. The SMILES string of the molecule is C=CC.O.[AlH3]. The largest absolute Gasteiger partial charge is 0.412 e. The van der Waals surface area contributed by atoms with E-state index in [2.05, 4.69) is 6.58 Å². The molecule has 0 aliphatic carbocycles. The fraction of sp³-hybridized carbons (Fsp3) is 0.333. The van der Waals surface area contributed by atoms with Crippen molar-refractivity contribution >= 4 is 17.4 Å². The molecule has 0 rings (SSSR count). The van der Waals surface area contributed by atoms with Crippen LogP contribution in [0.3, 0.4) is 0 Å². The van der Waals surface area contributed by atoms with Crippen LogP contribution in [0.15, 0.2) is 12.7 Å².